The number of nitrogens with zero attached hydrogens (tertiary/aromatic N) is 2. The first-order valence-corrected chi connectivity index (χ1v) is 17.2. The van der Waals surface area contributed by atoms with Gasteiger partial charge in [-0.15, -0.1) is 0 Å². The van der Waals surface area contributed by atoms with E-state index in [1.54, 1.807) is 11.8 Å². The van der Waals surface area contributed by atoms with Crippen LogP contribution in [0.5, 0.6) is 5.75 Å². The van der Waals surface area contributed by atoms with E-state index in [4.69, 9.17) is 9.47 Å². The van der Waals surface area contributed by atoms with Crippen molar-refractivity contribution in [3.05, 3.63) is 66.9 Å². The highest BCUT2D eigenvalue weighted by atomic mass is 32.2. The molecule has 0 fully saturated rings. The summed E-state index contributed by atoms with van der Waals surface area (Å²) in [6.07, 6.45) is 16.7. The number of allylic oxidation sites excluding steroid dienone is 3. The van der Waals surface area contributed by atoms with Gasteiger partial charge < -0.3 is 18.5 Å². The third-order valence-electron chi connectivity index (χ3n) is 6.57. The topological polar surface area (TPSA) is 40.5 Å². The lowest BCUT2D eigenvalue weighted by Crippen LogP contribution is -2.52. The molecule has 0 bridgehead atoms. The lowest BCUT2D eigenvalue weighted by molar-refractivity contribution is -0.884. The maximum atomic E-state index is 12.5. The number of aryl methyl sites for hydroxylation is 1. The van der Waals surface area contributed by atoms with Gasteiger partial charge in [-0.25, -0.2) is 4.79 Å². The second-order valence-electron chi connectivity index (χ2n) is 10.5. The number of thioether (sulfide) groups is 1. The summed E-state index contributed by atoms with van der Waals surface area (Å²) >= 11 is 1.80. The third-order valence-corrected chi connectivity index (χ3v) is 7.53. The van der Waals surface area contributed by atoms with E-state index in [1.807, 2.05) is 45.9 Å². The molecule has 0 spiro atoms. The summed E-state index contributed by atoms with van der Waals surface area (Å²) in [5.74, 6) is 2.64. The Balaban J connectivity index is 0.00000402. The van der Waals surface area contributed by atoms with E-state index in [9.17, 15) is 4.79 Å². The molecule has 1 atom stereocenters. The van der Waals surface area contributed by atoms with Crippen LogP contribution >= 0.6 is 11.8 Å². The standard InChI is InChI=1S/C32H49N2O3S.2C2H6/c1-7-10-14-17-27(8-2)25-37-29-18-19-30-28(24-29)20-22-33(30)21-15-12-11-13-16-23-36-32(35)31(26-38-9-3)34(4,5)6;2*1-2/h8,10,14,17-20,22,24,31H,2,7,9,11-13,15-16,21,23,25-26H2,1,3-6H3;2*1-2H3/q+1;;/b14-10-,27-17+;;. The minimum absolute atomic E-state index is 0.0618. The first-order valence-electron chi connectivity index (χ1n) is 16.1. The summed E-state index contributed by atoms with van der Waals surface area (Å²) in [6, 6.07) is 8.36. The SMILES string of the molecule is C=C/C(=C\C=C/CC)COc1ccc2c(ccn2CCCCCCCOC(=O)C(CSCC)[N+](C)(C)C)c1.CC.CC. The van der Waals surface area contributed by atoms with Gasteiger partial charge in [0.15, 0.2) is 6.04 Å². The van der Waals surface area contributed by atoms with E-state index in [0.717, 1.165) is 61.5 Å². The van der Waals surface area contributed by atoms with E-state index in [1.165, 1.54) is 17.3 Å². The summed E-state index contributed by atoms with van der Waals surface area (Å²) < 4.78 is 14.5. The molecule has 2 aromatic rings. The molecule has 0 radical (unpaired) electrons. The number of hydrogen-bond donors (Lipinski definition) is 0. The zero-order valence-electron chi connectivity index (χ0n) is 28.3. The van der Waals surface area contributed by atoms with Crippen LogP contribution in [-0.2, 0) is 16.1 Å². The fourth-order valence-electron chi connectivity index (χ4n) is 4.15. The average Bonchev–Trinajstić information content (AvgIpc) is 3.40. The minimum atomic E-state index is -0.103. The summed E-state index contributed by atoms with van der Waals surface area (Å²) in [5, 5.41) is 1.20. The summed E-state index contributed by atoms with van der Waals surface area (Å²) in [6.45, 7) is 18.2. The monoisotopic (exact) mass is 601 g/mol. The Hall–Kier alpha value is -2.44. The zero-order valence-corrected chi connectivity index (χ0v) is 29.1. The molecule has 42 heavy (non-hydrogen) atoms. The number of quaternary nitrogens is 1. The van der Waals surface area contributed by atoms with Crippen LogP contribution in [0, 0.1) is 0 Å². The molecule has 1 aromatic carbocycles. The largest absolute Gasteiger partial charge is 0.489 e. The van der Waals surface area contributed by atoms with E-state index in [-0.39, 0.29) is 12.0 Å². The van der Waals surface area contributed by atoms with E-state index < -0.39 is 0 Å². The fourth-order valence-corrected chi connectivity index (χ4v) is 5.20. The molecule has 238 valence electrons. The Labute approximate surface area is 262 Å². The number of unbranched alkanes of at least 4 members (excludes halogenated alkanes) is 4. The first-order chi connectivity index (χ1) is 20.3. The minimum Gasteiger partial charge on any atom is -0.489 e. The second-order valence-corrected chi connectivity index (χ2v) is 11.8. The van der Waals surface area contributed by atoms with Crippen molar-refractivity contribution in [1.82, 2.24) is 4.57 Å². The Morgan fingerprint density at radius 2 is 1.71 bits per heavy atom. The molecular formula is C36H61N2O3S+. The van der Waals surface area contributed by atoms with Crippen molar-refractivity contribution in [2.24, 2.45) is 0 Å². The fraction of sp³-hybridized carbons (Fsp3) is 0.583. The van der Waals surface area contributed by atoms with Gasteiger partial charge in [0.1, 0.15) is 12.4 Å². The second kappa shape index (κ2) is 24.0. The number of benzene rings is 1. The number of rotatable bonds is 19. The van der Waals surface area contributed by atoms with Gasteiger partial charge in [-0.05, 0) is 54.9 Å². The molecule has 0 saturated heterocycles. The molecule has 0 amide bonds. The quantitative estimate of drug-likeness (QED) is 0.0696. The van der Waals surface area contributed by atoms with Crippen LogP contribution in [0.1, 0.15) is 80.1 Å². The van der Waals surface area contributed by atoms with Gasteiger partial charge in [0.25, 0.3) is 0 Å². The van der Waals surface area contributed by atoms with Gasteiger partial charge in [-0.3, -0.25) is 0 Å². The average molecular weight is 602 g/mol. The van der Waals surface area contributed by atoms with E-state index in [0.29, 0.717) is 17.7 Å². The van der Waals surface area contributed by atoms with E-state index >= 15 is 0 Å². The van der Waals surface area contributed by atoms with Crippen molar-refractivity contribution >= 4 is 28.6 Å². The Morgan fingerprint density at radius 3 is 2.36 bits per heavy atom. The van der Waals surface area contributed by atoms with Gasteiger partial charge in [0.2, 0.25) is 0 Å². The predicted octanol–water partition coefficient (Wildman–Crippen LogP) is 9.47. The highest BCUT2D eigenvalue weighted by Crippen LogP contribution is 2.23. The van der Waals surface area contributed by atoms with Crippen molar-refractivity contribution in [3.63, 3.8) is 0 Å². The number of aromatic nitrogens is 1. The lowest BCUT2D eigenvalue weighted by atomic mass is 10.1. The molecule has 0 saturated carbocycles. The highest BCUT2D eigenvalue weighted by Gasteiger charge is 2.32. The summed E-state index contributed by atoms with van der Waals surface area (Å²) in [5.41, 5.74) is 2.30. The molecule has 0 aliphatic heterocycles. The molecular weight excluding hydrogens is 540 g/mol. The number of fused-ring (bicyclic) bond motifs is 1. The number of ether oxygens (including phenoxy) is 2. The Kier molecular flexibility index (Phi) is 22.7. The van der Waals surface area contributed by atoms with Crippen LogP contribution in [0.3, 0.4) is 0 Å². The van der Waals surface area contributed by atoms with Crippen molar-refractivity contribution in [2.45, 2.75) is 92.7 Å². The number of carbonyl (C=O) groups is 1. The number of carbonyl (C=O) groups excluding carboxylic acids is 1. The van der Waals surface area contributed by atoms with Gasteiger partial charge >= 0.3 is 5.97 Å². The molecule has 0 N–H and O–H groups in total. The van der Waals surface area contributed by atoms with Crippen LogP contribution in [0.25, 0.3) is 10.9 Å². The van der Waals surface area contributed by atoms with E-state index in [2.05, 4.69) is 82.7 Å². The zero-order chi connectivity index (χ0) is 31.8. The molecule has 1 heterocycles. The summed E-state index contributed by atoms with van der Waals surface area (Å²) in [4.78, 5) is 12.5. The number of likely N-dealkylation sites (N-methyl/N-ethyl adjacent to an activating group) is 1. The smallest absolute Gasteiger partial charge is 0.365 e. The van der Waals surface area contributed by atoms with Crippen molar-refractivity contribution in [2.75, 3.05) is 45.9 Å². The van der Waals surface area contributed by atoms with Crippen LogP contribution in [0.2, 0.25) is 0 Å². The molecule has 5 nitrogen and oxygen atoms in total. The van der Waals surface area contributed by atoms with Crippen LogP contribution in [-0.4, -0.2) is 66.9 Å². The normalized spacial score (nSPS) is 12.3. The number of esters is 1. The van der Waals surface area contributed by atoms with Crippen LogP contribution in [0.4, 0.5) is 0 Å². The van der Waals surface area contributed by atoms with Crippen molar-refractivity contribution in [1.29, 1.82) is 0 Å². The predicted molar refractivity (Wildman–Crippen MR) is 187 cm³/mol. The van der Waals surface area contributed by atoms with Gasteiger partial charge in [0.05, 0.1) is 33.5 Å². The molecule has 6 heteroatoms. The highest BCUT2D eigenvalue weighted by molar-refractivity contribution is 7.99. The van der Waals surface area contributed by atoms with Crippen molar-refractivity contribution < 1.29 is 18.8 Å². The summed E-state index contributed by atoms with van der Waals surface area (Å²) in [7, 11) is 6.19. The Bertz CT molecular complexity index is 1050. The maximum absolute atomic E-state index is 12.5. The molecule has 0 aliphatic rings. The first kappa shape index (κ1) is 39.6. The Morgan fingerprint density at radius 1 is 1.02 bits per heavy atom. The number of hydrogen-bond acceptors (Lipinski definition) is 4. The van der Waals surface area contributed by atoms with Gasteiger partial charge in [0, 0.05) is 23.6 Å². The van der Waals surface area contributed by atoms with Gasteiger partial charge in [-0.2, -0.15) is 11.8 Å². The van der Waals surface area contributed by atoms with Crippen molar-refractivity contribution in [3.8, 4) is 5.75 Å². The van der Waals surface area contributed by atoms with Crippen LogP contribution in [0.15, 0.2) is 66.9 Å². The lowest BCUT2D eigenvalue weighted by Gasteiger charge is -2.32. The van der Waals surface area contributed by atoms with Gasteiger partial charge in [-0.1, -0.05) is 91.7 Å². The molecule has 0 aliphatic carbocycles. The molecule has 1 aromatic heterocycles. The maximum Gasteiger partial charge on any atom is 0.365 e. The molecule has 1 unspecified atom stereocenters. The third kappa shape index (κ3) is 15.7. The van der Waals surface area contributed by atoms with Crippen LogP contribution < -0.4 is 4.74 Å². The molecule has 2 rings (SSSR count).